The molecule has 108 valence electrons. The second kappa shape index (κ2) is 6.65. The second-order valence-electron chi connectivity index (χ2n) is 3.84. The summed E-state index contributed by atoms with van der Waals surface area (Å²) in [4.78, 5) is 11.3. The van der Waals surface area contributed by atoms with Crippen LogP contribution in [0.4, 0.5) is 13.2 Å². The van der Waals surface area contributed by atoms with Crippen LogP contribution in [0.3, 0.4) is 0 Å². The van der Waals surface area contributed by atoms with Crippen LogP contribution >= 0.6 is 12.0 Å². The first-order valence-electron chi connectivity index (χ1n) is 5.37. The second-order valence-corrected chi connectivity index (χ2v) is 4.64. The third kappa shape index (κ3) is 4.77. The Morgan fingerprint density at radius 2 is 1.75 bits per heavy atom. The van der Waals surface area contributed by atoms with Gasteiger partial charge in [-0.3, -0.25) is 4.79 Å². The Morgan fingerprint density at radius 1 is 1.10 bits per heavy atom. The summed E-state index contributed by atoms with van der Waals surface area (Å²) < 4.78 is 39.6. The topological polar surface area (TPSA) is 26.3 Å². The van der Waals surface area contributed by atoms with E-state index in [1.165, 1.54) is 0 Å². The van der Waals surface area contributed by atoms with Gasteiger partial charge in [-0.15, -0.1) is 0 Å². The molecule has 0 aliphatic carbocycles. The largest absolute Gasteiger partial charge is 0.479 e. The molecule has 20 heavy (non-hydrogen) atoms. The molecule has 0 bridgehead atoms. The van der Waals surface area contributed by atoms with E-state index in [0.29, 0.717) is 5.56 Å². The van der Waals surface area contributed by atoms with Crippen molar-refractivity contribution in [3.05, 3.63) is 48.0 Å². The highest BCUT2D eigenvalue weighted by Crippen LogP contribution is 2.31. The third-order valence-corrected chi connectivity index (χ3v) is 2.85. The first kappa shape index (κ1) is 16.4. The standard InChI is InChI=1S/C13H9F3O2S.CH4/c14-13(15,16)19-18-12(17)8-9-5-6-10-3-1-2-4-11(10)7-9;/h1-7H,8H2;1H4. The molecule has 0 fully saturated rings. The van der Waals surface area contributed by atoms with Crippen LogP contribution in [0, 0.1) is 0 Å². The van der Waals surface area contributed by atoms with Gasteiger partial charge in [-0.05, 0) is 16.3 Å². The zero-order valence-corrected chi connectivity index (χ0v) is 10.4. The number of benzene rings is 2. The normalized spacial score (nSPS) is 10.9. The van der Waals surface area contributed by atoms with Gasteiger partial charge in [-0.25, -0.2) is 0 Å². The molecule has 0 saturated heterocycles. The fourth-order valence-corrected chi connectivity index (χ4v) is 1.88. The van der Waals surface area contributed by atoms with Crippen LogP contribution in [0.25, 0.3) is 10.8 Å². The van der Waals surface area contributed by atoms with Gasteiger partial charge in [0.2, 0.25) is 0 Å². The lowest BCUT2D eigenvalue weighted by Gasteiger charge is -2.06. The lowest BCUT2D eigenvalue weighted by atomic mass is 10.1. The van der Waals surface area contributed by atoms with E-state index in [-0.39, 0.29) is 13.8 Å². The summed E-state index contributed by atoms with van der Waals surface area (Å²) in [5.74, 6) is -0.919. The molecule has 2 aromatic carbocycles. The molecular weight excluding hydrogens is 289 g/mol. The van der Waals surface area contributed by atoms with Gasteiger partial charge in [0.05, 0.1) is 6.42 Å². The number of carbonyl (C=O) groups excluding carboxylic acids is 1. The van der Waals surface area contributed by atoms with Crippen molar-refractivity contribution in [2.24, 2.45) is 0 Å². The summed E-state index contributed by atoms with van der Waals surface area (Å²) in [6, 6.07) is 12.8. The van der Waals surface area contributed by atoms with E-state index >= 15 is 0 Å². The zero-order valence-electron chi connectivity index (χ0n) is 9.61. The lowest BCUT2D eigenvalue weighted by molar-refractivity contribution is -0.133. The smallest absolute Gasteiger partial charge is 0.382 e. The molecule has 0 aliphatic rings. The minimum Gasteiger partial charge on any atom is -0.382 e. The summed E-state index contributed by atoms with van der Waals surface area (Å²) in [6.07, 6.45) is -0.187. The number of hydrogen-bond donors (Lipinski definition) is 0. The fourth-order valence-electron chi connectivity index (χ4n) is 1.64. The van der Waals surface area contributed by atoms with Crippen molar-refractivity contribution in [2.45, 2.75) is 19.4 Å². The zero-order chi connectivity index (χ0) is 13.9. The van der Waals surface area contributed by atoms with Gasteiger partial charge >= 0.3 is 11.5 Å². The van der Waals surface area contributed by atoms with Crippen LogP contribution < -0.4 is 0 Å². The molecule has 0 aliphatic heterocycles. The SMILES string of the molecule is C.O=C(Cc1ccc2ccccc2c1)OSC(F)(F)F. The predicted molar refractivity (Wildman–Crippen MR) is 74.1 cm³/mol. The molecule has 0 atom stereocenters. The molecule has 0 amide bonds. The molecule has 0 unspecified atom stereocenters. The summed E-state index contributed by atoms with van der Waals surface area (Å²) in [7, 11) is 0. The van der Waals surface area contributed by atoms with Crippen LogP contribution in [0.15, 0.2) is 42.5 Å². The number of fused-ring (bicyclic) bond motifs is 1. The van der Waals surface area contributed by atoms with Gasteiger partial charge in [-0.1, -0.05) is 49.9 Å². The van der Waals surface area contributed by atoms with E-state index in [9.17, 15) is 18.0 Å². The maximum Gasteiger partial charge on any atom is 0.479 e. The van der Waals surface area contributed by atoms with E-state index in [1.54, 1.807) is 12.1 Å². The molecule has 0 saturated carbocycles. The quantitative estimate of drug-likeness (QED) is 0.767. The van der Waals surface area contributed by atoms with E-state index < -0.39 is 23.5 Å². The van der Waals surface area contributed by atoms with Crippen molar-refractivity contribution in [1.29, 1.82) is 0 Å². The highest BCUT2D eigenvalue weighted by Gasteiger charge is 2.32. The van der Waals surface area contributed by atoms with Crippen molar-refractivity contribution in [1.82, 2.24) is 0 Å². The van der Waals surface area contributed by atoms with Gasteiger partial charge in [0.1, 0.15) is 0 Å². The number of hydrogen-bond acceptors (Lipinski definition) is 3. The van der Waals surface area contributed by atoms with Crippen molar-refractivity contribution >= 4 is 28.8 Å². The predicted octanol–water partition coefficient (Wildman–Crippen LogP) is 4.73. The molecule has 2 rings (SSSR count). The third-order valence-electron chi connectivity index (χ3n) is 2.39. The Bertz CT molecular complexity index is 596. The lowest BCUT2D eigenvalue weighted by Crippen LogP contribution is -2.08. The summed E-state index contributed by atoms with van der Waals surface area (Å²) in [5.41, 5.74) is -3.95. The molecule has 6 heteroatoms. The maximum atomic E-state index is 11.8. The highest BCUT2D eigenvalue weighted by atomic mass is 32.2. The van der Waals surface area contributed by atoms with Crippen LogP contribution in [-0.4, -0.2) is 11.5 Å². The summed E-state index contributed by atoms with van der Waals surface area (Å²) in [5, 5.41) is 1.93. The minimum absolute atomic E-state index is 0. The Kier molecular flexibility index (Phi) is 5.44. The Labute approximate surface area is 119 Å². The number of alkyl halides is 3. The number of carbonyl (C=O) groups is 1. The average Bonchev–Trinajstić information content (AvgIpc) is 2.35. The Balaban J connectivity index is 0.00000200. The monoisotopic (exact) mass is 302 g/mol. The average molecular weight is 302 g/mol. The minimum atomic E-state index is -4.57. The van der Waals surface area contributed by atoms with E-state index in [0.717, 1.165) is 10.8 Å². The van der Waals surface area contributed by atoms with E-state index in [4.69, 9.17) is 0 Å². The summed E-state index contributed by atoms with van der Waals surface area (Å²) in [6.45, 7) is 0. The first-order valence-corrected chi connectivity index (χ1v) is 6.11. The fraction of sp³-hybridized carbons (Fsp3) is 0.214. The molecule has 0 spiro atoms. The molecule has 2 nitrogen and oxygen atoms in total. The molecule has 0 heterocycles. The van der Waals surface area contributed by atoms with Crippen LogP contribution in [0.2, 0.25) is 0 Å². The van der Waals surface area contributed by atoms with Crippen molar-refractivity contribution in [3.8, 4) is 0 Å². The maximum absolute atomic E-state index is 11.8. The van der Waals surface area contributed by atoms with Gasteiger partial charge < -0.3 is 4.18 Å². The van der Waals surface area contributed by atoms with Gasteiger partial charge in [0, 0.05) is 0 Å². The van der Waals surface area contributed by atoms with Crippen LogP contribution in [-0.2, 0) is 15.4 Å². The van der Waals surface area contributed by atoms with Crippen molar-refractivity contribution < 1.29 is 22.1 Å². The molecule has 0 radical (unpaired) electrons. The Hall–Kier alpha value is -1.69. The van der Waals surface area contributed by atoms with E-state index in [2.05, 4.69) is 4.18 Å². The Morgan fingerprint density at radius 3 is 2.40 bits per heavy atom. The highest BCUT2D eigenvalue weighted by molar-refractivity contribution is 7.95. The van der Waals surface area contributed by atoms with Crippen molar-refractivity contribution in [3.63, 3.8) is 0 Å². The number of rotatable bonds is 3. The van der Waals surface area contributed by atoms with Gasteiger partial charge in [0.25, 0.3) is 0 Å². The van der Waals surface area contributed by atoms with Crippen LogP contribution in [0.1, 0.15) is 13.0 Å². The van der Waals surface area contributed by atoms with Gasteiger partial charge in [-0.2, -0.15) is 13.2 Å². The van der Waals surface area contributed by atoms with E-state index in [1.807, 2.05) is 30.3 Å². The molecular formula is C14H13F3O2S. The number of halogens is 3. The van der Waals surface area contributed by atoms with Crippen LogP contribution in [0.5, 0.6) is 0 Å². The van der Waals surface area contributed by atoms with Gasteiger partial charge in [0.15, 0.2) is 12.0 Å². The molecule has 0 N–H and O–H groups in total. The van der Waals surface area contributed by atoms with Crippen molar-refractivity contribution in [2.75, 3.05) is 0 Å². The molecule has 2 aromatic rings. The molecule has 0 aromatic heterocycles. The summed E-state index contributed by atoms with van der Waals surface area (Å²) >= 11 is -0.785. The first-order chi connectivity index (χ1) is 8.94.